The number of para-hydroxylation sites is 1. The molecular formula is C19H22N2O2. The van der Waals surface area contributed by atoms with E-state index < -0.39 is 0 Å². The molecule has 2 aromatic rings. The van der Waals surface area contributed by atoms with Crippen LogP contribution in [0.15, 0.2) is 59.7 Å². The lowest BCUT2D eigenvalue weighted by atomic mass is 9.87. The van der Waals surface area contributed by atoms with E-state index in [9.17, 15) is 4.79 Å². The van der Waals surface area contributed by atoms with Crippen molar-refractivity contribution in [1.29, 1.82) is 0 Å². The topological polar surface area (TPSA) is 50.7 Å². The van der Waals surface area contributed by atoms with Gasteiger partial charge in [-0.1, -0.05) is 63.2 Å². The van der Waals surface area contributed by atoms with Crippen LogP contribution in [0, 0.1) is 0 Å². The highest BCUT2D eigenvalue weighted by Crippen LogP contribution is 2.21. The molecule has 0 aliphatic carbocycles. The van der Waals surface area contributed by atoms with Crippen LogP contribution in [0.25, 0.3) is 0 Å². The molecule has 0 heterocycles. The van der Waals surface area contributed by atoms with Crippen molar-refractivity contribution in [2.75, 3.05) is 6.61 Å². The standard InChI is InChI=1S/C19H22N2O2/c1-19(2,3)16-11-9-15(10-12-16)13-20-21-18(22)14-23-17-7-5-4-6-8-17/h4-13H,14H2,1-3H3,(H,21,22)/b20-13-. The summed E-state index contributed by atoms with van der Waals surface area (Å²) in [4.78, 5) is 11.6. The number of ether oxygens (including phenoxy) is 1. The predicted molar refractivity (Wildman–Crippen MR) is 92.8 cm³/mol. The number of amides is 1. The largest absolute Gasteiger partial charge is 0.484 e. The minimum atomic E-state index is -0.295. The minimum absolute atomic E-state index is 0.0652. The number of nitrogens with zero attached hydrogens (tertiary/aromatic N) is 1. The average Bonchev–Trinajstić information content (AvgIpc) is 2.53. The van der Waals surface area contributed by atoms with Gasteiger partial charge in [0.25, 0.3) is 5.91 Å². The van der Waals surface area contributed by atoms with E-state index in [1.807, 2.05) is 30.3 Å². The number of hydrogen-bond donors (Lipinski definition) is 1. The van der Waals surface area contributed by atoms with Crippen molar-refractivity contribution >= 4 is 12.1 Å². The summed E-state index contributed by atoms with van der Waals surface area (Å²) in [6, 6.07) is 17.3. The molecular weight excluding hydrogens is 288 g/mol. The maximum atomic E-state index is 11.6. The van der Waals surface area contributed by atoms with Crippen molar-refractivity contribution in [3.8, 4) is 5.75 Å². The highest BCUT2D eigenvalue weighted by Gasteiger charge is 2.12. The maximum absolute atomic E-state index is 11.6. The second kappa shape index (κ2) is 7.58. The van der Waals surface area contributed by atoms with Gasteiger partial charge in [0.15, 0.2) is 6.61 Å². The van der Waals surface area contributed by atoms with E-state index in [-0.39, 0.29) is 17.9 Å². The fourth-order valence-corrected chi connectivity index (χ4v) is 1.95. The quantitative estimate of drug-likeness (QED) is 0.678. The Morgan fingerprint density at radius 3 is 2.35 bits per heavy atom. The number of nitrogens with one attached hydrogen (secondary N) is 1. The van der Waals surface area contributed by atoms with Crippen LogP contribution < -0.4 is 10.2 Å². The smallest absolute Gasteiger partial charge is 0.277 e. The first-order chi connectivity index (χ1) is 10.9. The van der Waals surface area contributed by atoms with Gasteiger partial charge in [0.05, 0.1) is 6.21 Å². The molecule has 1 N–H and O–H groups in total. The van der Waals surface area contributed by atoms with Gasteiger partial charge in [-0.3, -0.25) is 4.79 Å². The monoisotopic (exact) mass is 310 g/mol. The van der Waals surface area contributed by atoms with Gasteiger partial charge in [-0.25, -0.2) is 5.43 Å². The van der Waals surface area contributed by atoms with E-state index in [2.05, 4.69) is 43.4 Å². The van der Waals surface area contributed by atoms with E-state index in [0.29, 0.717) is 5.75 Å². The molecule has 0 bridgehead atoms. The van der Waals surface area contributed by atoms with Gasteiger partial charge < -0.3 is 4.74 Å². The van der Waals surface area contributed by atoms with E-state index >= 15 is 0 Å². The van der Waals surface area contributed by atoms with Crippen LogP contribution in [0.4, 0.5) is 0 Å². The second-order valence-electron chi connectivity index (χ2n) is 6.27. The zero-order valence-electron chi connectivity index (χ0n) is 13.7. The first kappa shape index (κ1) is 16.7. The Morgan fingerprint density at radius 2 is 1.74 bits per heavy atom. The van der Waals surface area contributed by atoms with E-state index in [4.69, 9.17) is 4.74 Å². The van der Waals surface area contributed by atoms with Crippen molar-refractivity contribution in [1.82, 2.24) is 5.43 Å². The summed E-state index contributed by atoms with van der Waals surface area (Å²) in [7, 11) is 0. The molecule has 4 nitrogen and oxygen atoms in total. The molecule has 0 saturated carbocycles. The molecule has 2 rings (SSSR count). The summed E-state index contributed by atoms with van der Waals surface area (Å²) in [6.07, 6.45) is 1.62. The Kier molecular flexibility index (Phi) is 5.52. The predicted octanol–water partition coefficient (Wildman–Crippen LogP) is 3.51. The fourth-order valence-electron chi connectivity index (χ4n) is 1.95. The van der Waals surface area contributed by atoms with Gasteiger partial charge in [-0.2, -0.15) is 5.10 Å². The number of rotatable bonds is 5. The third kappa shape index (κ3) is 5.58. The number of carbonyl (C=O) groups is 1. The van der Waals surface area contributed by atoms with Gasteiger partial charge in [-0.05, 0) is 28.7 Å². The Morgan fingerprint density at radius 1 is 1.09 bits per heavy atom. The SMILES string of the molecule is CC(C)(C)c1ccc(/C=N\NC(=O)COc2ccccc2)cc1. The molecule has 0 aliphatic rings. The van der Waals surface area contributed by atoms with Crippen LogP contribution in [0.2, 0.25) is 0 Å². The summed E-state index contributed by atoms with van der Waals surface area (Å²) in [6.45, 7) is 6.44. The second-order valence-corrected chi connectivity index (χ2v) is 6.27. The summed E-state index contributed by atoms with van der Waals surface area (Å²) in [5.41, 5.74) is 4.77. The molecule has 0 aromatic heterocycles. The van der Waals surface area contributed by atoms with Crippen molar-refractivity contribution in [3.63, 3.8) is 0 Å². The molecule has 120 valence electrons. The lowest BCUT2D eigenvalue weighted by molar-refractivity contribution is -0.123. The number of carbonyl (C=O) groups excluding carboxylic acids is 1. The Bertz CT molecular complexity index is 656. The van der Waals surface area contributed by atoms with Crippen LogP contribution in [0.3, 0.4) is 0 Å². The lowest BCUT2D eigenvalue weighted by Gasteiger charge is -2.18. The van der Waals surface area contributed by atoms with Gasteiger partial charge in [0, 0.05) is 0 Å². The number of benzene rings is 2. The molecule has 1 amide bonds. The van der Waals surface area contributed by atoms with E-state index in [1.165, 1.54) is 5.56 Å². The minimum Gasteiger partial charge on any atom is -0.484 e. The van der Waals surface area contributed by atoms with Crippen molar-refractivity contribution in [2.45, 2.75) is 26.2 Å². The zero-order valence-corrected chi connectivity index (χ0v) is 13.7. The highest BCUT2D eigenvalue weighted by molar-refractivity contribution is 5.82. The molecule has 23 heavy (non-hydrogen) atoms. The van der Waals surface area contributed by atoms with Crippen molar-refractivity contribution in [2.24, 2.45) is 5.10 Å². The third-order valence-electron chi connectivity index (χ3n) is 3.29. The normalized spacial score (nSPS) is 11.4. The summed E-state index contributed by atoms with van der Waals surface area (Å²) in [5.74, 6) is 0.362. The van der Waals surface area contributed by atoms with E-state index in [0.717, 1.165) is 5.56 Å². The van der Waals surface area contributed by atoms with Crippen molar-refractivity contribution in [3.05, 3.63) is 65.7 Å². The summed E-state index contributed by atoms with van der Waals surface area (Å²) in [5, 5.41) is 3.94. The lowest BCUT2D eigenvalue weighted by Crippen LogP contribution is -2.24. The number of hydrogen-bond acceptors (Lipinski definition) is 3. The molecule has 0 radical (unpaired) electrons. The van der Waals surface area contributed by atoms with Crippen LogP contribution in [0.1, 0.15) is 31.9 Å². The molecule has 0 fully saturated rings. The van der Waals surface area contributed by atoms with Gasteiger partial charge in [0.1, 0.15) is 5.75 Å². The maximum Gasteiger partial charge on any atom is 0.277 e. The van der Waals surface area contributed by atoms with Gasteiger partial charge in [0.2, 0.25) is 0 Å². The molecule has 0 atom stereocenters. The molecule has 2 aromatic carbocycles. The third-order valence-corrected chi connectivity index (χ3v) is 3.29. The Labute approximate surface area is 137 Å². The summed E-state index contributed by atoms with van der Waals surface area (Å²) >= 11 is 0. The molecule has 0 saturated heterocycles. The first-order valence-electron chi connectivity index (χ1n) is 7.55. The fraction of sp³-hybridized carbons (Fsp3) is 0.263. The molecule has 0 aliphatic heterocycles. The highest BCUT2D eigenvalue weighted by atomic mass is 16.5. The van der Waals surface area contributed by atoms with Crippen LogP contribution >= 0.6 is 0 Å². The summed E-state index contributed by atoms with van der Waals surface area (Å²) < 4.78 is 5.34. The van der Waals surface area contributed by atoms with Crippen LogP contribution in [-0.4, -0.2) is 18.7 Å². The van der Waals surface area contributed by atoms with Gasteiger partial charge in [-0.15, -0.1) is 0 Å². The Balaban J connectivity index is 1.80. The zero-order chi connectivity index (χ0) is 16.7. The van der Waals surface area contributed by atoms with E-state index in [1.54, 1.807) is 18.3 Å². The van der Waals surface area contributed by atoms with Crippen molar-refractivity contribution < 1.29 is 9.53 Å². The molecule has 0 unspecified atom stereocenters. The van der Waals surface area contributed by atoms with Crippen LogP contribution in [-0.2, 0) is 10.2 Å². The van der Waals surface area contributed by atoms with Gasteiger partial charge >= 0.3 is 0 Å². The van der Waals surface area contributed by atoms with Crippen LogP contribution in [0.5, 0.6) is 5.75 Å². The number of hydrazone groups is 1. The molecule has 0 spiro atoms. The average molecular weight is 310 g/mol. The first-order valence-corrected chi connectivity index (χ1v) is 7.55. The Hall–Kier alpha value is -2.62. The molecule has 4 heteroatoms.